The molecule has 0 aromatic heterocycles. The van der Waals surface area contributed by atoms with E-state index >= 15 is 0 Å². The molecule has 6 aliphatic rings. The van der Waals surface area contributed by atoms with Crippen molar-refractivity contribution in [2.24, 2.45) is 0 Å². The van der Waals surface area contributed by atoms with Gasteiger partial charge in [0.15, 0.2) is 0 Å². The van der Waals surface area contributed by atoms with E-state index in [2.05, 4.69) is 436 Å². The predicted octanol–water partition coefficient (Wildman–Crippen LogP) is 28.5. The second kappa shape index (κ2) is 27.1. The molecule has 0 aliphatic heterocycles. The van der Waals surface area contributed by atoms with Gasteiger partial charge in [-0.1, -0.05) is 382 Å². The van der Waals surface area contributed by atoms with Crippen molar-refractivity contribution < 1.29 is 0 Å². The monoisotopic (exact) mass is 1480 g/mol. The Morgan fingerprint density at radius 2 is 0.526 bits per heavy atom. The Bertz CT molecular complexity index is 6420. The van der Waals surface area contributed by atoms with Gasteiger partial charge in [0.1, 0.15) is 0 Å². The van der Waals surface area contributed by atoms with E-state index in [4.69, 9.17) is 11.6 Å². The minimum atomic E-state index is -0.427. The minimum Gasteiger partial charge on any atom is -0.355 e. The predicted molar refractivity (Wildman–Crippen MR) is 479 cm³/mol. The average Bonchev–Trinajstić information content (AvgIpc) is 1.51. The number of nitrogens with zero attached hydrogens (tertiary/aromatic N) is 1. The summed E-state index contributed by atoms with van der Waals surface area (Å²) in [4.78, 5) is 2.50. The van der Waals surface area contributed by atoms with Crippen molar-refractivity contribution in [3.8, 4) is 66.8 Å². The average molecular weight is 1480 g/mol. The highest BCUT2D eigenvalue weighted by atomic mass is 35.5. The molecule has 0 atom stereocenters. The maximum atomic E-state index is 6.46. The van der Waals surface area contributed by atoms with E-state index in [9.17, 15) is 0 Å². The zero-order valence-corrected chi connectivity index (χ0v) is 66.5. The number of anilines is 5. The van der Waals surface area contributed by atoms with E-state index in [-0.39, 0.29) is 35.5 Å². The number of halogens is 1. The fraction of sp³-hybridized carbons (Fsp3) is 0.127. The second-order valence-corrected chi connectivity index (χ2v) is 34.0. The van der Waals surface area contributed by atoms with Crippen molar-refractivity contribution in [3.05, 3.63) is 470 Å². The Kier molecular flexibility index (Phi) is 17.1. The first kappa shape index (κ1) is 71.8. The normalized spacial score (nSPS) is 15.2. The lowest BCUT2D eigenvalue weighted by Gasteiger charge is -2.46. The molecule has 0 saturated heterocycles. The number of fused-ring (bicyclic) bond motifs is 24. The summed E-state index contributed by atoms with van der Waals surface area (Å²) in [6.45, 7) is 18.9. The molecule has 0 saturated carbocycles. The SMILES string of the molecule is CC1(C)c2ccccc2-c2ccc(N(c3ccc4c(c3)-c3ccccc3C43c4ccccc4C(C)(C)c4ccccc43)c3ccccc3-c3ccccc3)cc21.CC1(C)c2ccccc2-c2ccc(Nc3ccccc3-c3ccccc3)cc21.CC1(C)c2ccccc2C2(c3ccccc3-c3cc(Cl)ccc32)c2ccccc21.[B]. The van der Waals surface area contributed by atoms with Crippen LogP contribution in [0.4, 0.5) is 28.4 Å². The molecule has 547 valence electrons. The Morgan fingerprint density at radius 1 is 0.219 bits per heavy atom. The topological polar surface area (TPSA) is 15.3 Å². The van der Waals surface area contributed by atoms with Crippen molar-refractivity contribution in [2.75, 3.05) is 10.2 Å². The summed E-state index contributed by atoms with van der Waals surface area (Å²) >= 11 is 6.46. The largest absolute Gasteiger partial charge is 0.355 e. The van der Waals surface area contributed by atoms with Crippen LogP contribution in [0.25, 0.3) is 66.8 Å². The molecule has 2 nitrogen and oxygen atoms in total. The molecule has 0 heterocycles. The number of para-hydroxylation sites is 2. The number of rotatable bonds is 7. The Balaban J connectivity index is 0.000000126. The number of hydrogen-bond donors (Lipinski definition) is 1. The number of nitrogens with one attached hydrogen (secondary N) is 1. The fourth-order valence-electron chi connectivity index (χ4n) is 21.0. The van der Waals surface area contributed by atoms with Gasteiger partial charge in [0.05, 0.1) is 16.5 Å². The maximum Gasteiger partial charge on any atom is 0.0719 e. The lowest BCUT2D eigenvalue weighted by atomic mass is 9.55. The van der Waals surface area contributed by atoms with Gasteiger partial charge in [0.2, 0.25) is 0 Å². The maximum absolute atomic E-state index is 6.46. The van der Waals surface area contributed by atoms with Crippen LogP contribution in [0, 0.1) is 0 Å². The van der Waals surface area contributed by atoms with E-state index < -0.39 is 5.41 Å². The third kappa shape index (κ3) is 10.6. The summed E-state index contributed by atoms with van der Waals surface area (Å²) in [5.41, 5.74) is 42.1. The lowest BCUT2D eigenvalue weighted by Crippen LogP contribution is -2.40. The molecule has 0 bridgehead atoms. The van der Waals surface area contributed by atoms with Gasteiger partial charge in [0.25, 0.3) is 0 Å². The van der Waals surface area contributed by atoms with E-state index in [0.717, 1.165) is 33.5 Å². The van der Waals surface area contributed by atoms with Gasteiger partial charge >= 0.3 is 0 Å². The van der Waals surface area contributed by atoms with Gasteiger partial charge in [0, 0.05) is 69.0 Å². The summed E-state index contributed by atoms with van der Waals surface area (Å²) in [6, 6.07) is 138. The number of benzene rings is 16. The molecule has 114 heavy (non-hydrogen) atoms. The summed E-state index contributed by atoms with van der Waals surface area (Å²) in [5, 5.41) is 4.45. The summed E-state index contributed by atoms with van der Waals surface area (Å²) in [7, 11) is 0. The van der Waals surface area contributed by atoms with Crippen LogP contribution in [0.2, 0.25) is 5.02 Å². The second-order valence-electron chi connectivity index (χ2n) is 33.5. The fourth-order valence-corrected chi connectivity index (χ4v) is 21.2. The van der Waals surface area contributed by atoms with Gasteiger partial charge in [-0.15, -0.1) is 0 Å². The van der Waals surface area contributed by atoms with Crippen LogP contribution < -0.4 is 10.2 Å². The van der Waals surface area contributed by atoms with Crippen molar-refractivity contribution in [2.45, 2.75) is 87.9 Å². The molecule has 6 aliphatic carbocycles. The molecule has 0 unspecified atom stereocenters. The quantitative estimate of drug-likeness (QED) is 0.160. The van der Waals surface area contributed by atoms with E-state index in [1.807, 2.05) is 6.07 Å². The third-order valence-electron chi connectivity index (χ3n) is 26.2. The first-order chi connectivity index (χ1) is 55.0. The van der Waals surface area contributed by atoms with E-state index in [1.54, 1.807) is 0 Å². The molecule has 0 amide bonds. The first-order valence-corrected chi connectivity index (χ1v) is 40.3. The molecule has 16 aromatic carbocycles. The van der Waals surface area contributed by atoms with Crippen molar-refractivity contribution in [1.29, 1.82) is 0 Å². The standard InChI is InChI=1S/C55H43N.C28H21Cl.C27H23N.B/c1-53(2)44-23-11-8-21-40(44)42-32-30-38(35-51(42)53)56(52-29-17-10-20-39(52)36-18-6-5-7-19-36)37-31-33-46-43(34-37)41-22-9-12-24-45(41)55(46)49-27-15-13-25-47(49)54(3,4)48-26-14-16-28-50(48)55;1-27(2)23-11-5-7-13-25(23)28(26-14-8-6-12-24(26)27)21-10-4-3-9-19(21)20-17-18(29)15-16-22(20)28;1-27(2)24-14-8-6-13-22(24)23-17-16-20(18-25(23)27)28-26-15-9-7-12-21(26)19-10-4-3-5-11-19;/h5-35H,1-4H3;3-17H,1-2H3;3-18,28H,1-2H3;. The van der Waals surface area contributed by atoms with Gasteiger partial charge in [-0.25, -0.2) is 0 Å². The molecular weight excluding hydrogens is 1400 g/mol. The van der Waals surface area contributed by atoms with Crippen molar-refractivity contribution in [1.82, 2.24) is 0 Å². The third-order valence-corrected chi connectivity index (χ3v) is 26.5. The molecule has 16 aromatic rings. The highest BCUT2D eigenvalue weighted by Crippen LogP contribution is 2.65. The highest BCUT2D eigenvalue weighted by molar-refractivity contribution is 6.31. The van der Waals surface area contributed by atoms with Crippen LogP contribution >= 0.6 is 11.6 Å². The van der Waals surface area contributed by atoms with Crippen LogP contribution in [0.3, 0.4) is 0 Å². The summed E-state index contributed by atoms with van der Waals surface area (Å²) in [6.07, 6.45) is 0. The van der Waals surface area contributed by atoms with Gasteiger partial charge in [-0.3, -0.25) is 0 Å². The van der Waals surface area contributed by atoms with Crippen LogP contribution in [0.15, 0.2) is 376 Å². The molecule has 4 heteroatoms. The Hall–Kier alpha value is -12.5. The van der Waals surface area contributed by atoms with Crippen LogP contribution in [0.5, 0.6) is 0 Å². The molecular formula is C110H87BClN2. The molecule has 22 rings (SSSR count). The summed E-state index contributed by atoms with van der Waals surface area (Å²) in [5.74, 6) is 0. The minimum absolute atomic E-state index is 0. The Morgan fingerprint density at radius 3 is 1.01 bits per heavy atom. The smallest absolute Gasteiger partial charge is 0.0719 e. The van der Waals surface area contributed by atoms with Crippen LogP contribution in [-0.2, 0) is 32.5 Å². The zero-order chi connectivity index (χ0) is 76.8. The lowest BCUT2D eigenvalue weighted by molar-refractivity contribution is 0.563. The van der Waals surface area contributed by atoms with Gasteiger partial charge < -0.3 is 10.2 Å². The molecule has 3 radical (unpaired) electrons. The number of hydrogen-bond acceptors (Lipinski definition) is 2. The highest BCUT2D eigenvalue weighted by Gasteiger charge is 2.55. The zero-order valence-electron chi connectivity index (χ0n) is 65.7. The van der Waals surface area contributed by atoms with Gasteiger partial charge in [-0.2, -0.15) is 0 Å². The molecule has 0 fully saturated rings. The van der Waals surface area contributed by atoms with Crippen LogP contribution in [-0.4, -0.2) is 8.41 Å². The first-order valence-electron chi connectivity index (χ1n) is 39.9. The van der Waals surface area contributed by atoms with Crippen molar-refractivity contribution >= 4 is 48.5 Å². The van der Waals surface area contributed by atoms with Gasteiger partial charge in [-0.05, 0) is 205 Å². The Labute approximate surface area is 678 Å². The van der Waals surface area contributed by atoms with E-state index in [0.29, 0.717) is 0 Å². The summed E-state index contributed by atoms with van der Waals surface area (Å²) < 4.78 is 0. The molecule has 1 N–H and O–H groups in total. The van der Waals surface area contributed by atoms with Crippen molar-refractivity contribution in [3.63, 3.8) is 0 Å². The molecule has 2 spiro atoms. The van der Waals surface area contributed by atoms with E-state index in [1.165, 1.54) is 156 Å². The van der Waals surface area contributed by atoms with Crippen LogP contribution in [0.1, 0.15) is 144 Å².